The van der Waals surface area contributed by atoms with Crippen molar-refractivity contribution in [2.45, 2.75) is 49.9 Å². The van der Waals surface area contributed by atoms with Crippen molar-refractivity contribution in [2.75, 3.05) is 13.6 Å². The van der Waals surface area contributed by atoms with Gasteiger partial charge in [-0.1, -0.05) is 45.0 Å². The minimum Gasteiger partial charge on any atom is -0.302 e. The summed E-state index contributed by atoms with van der Waals surface area (Å²) in [5.74, 6) is 0.838. The molecule has 25 heavy (non-hydrogen) atoms. The van der Waals surface area contributed by atoms with Gasteiger partial charge >= 0.3 is 0 Å². The highest BCUT2D eigenvalue weighted by Gasteiger charge is 2.18. The Balaban J connectivity index is 1.76. The lowest BCUT2D eigenvalue weighted by Crippen LogP contribution is -2.27. The summed E-state index contributed by atoms with van der Waals surface area (Å²) in [4.78, 5) is 7.08. The Labute approximate surface area is 155 Å². The fourth-order valence-corrected chi connectivity index (χ4v) is 3.97. The zero-order valence-corrected chi connectivity index (χ0v) is 16.3. The highest BCUT2D eigenvalue weighted by Crippen LogP contribution is 2.29. The van der Waals surface area contributed by atoms with Gasteiger partial charge in [0, 0.05) is 31.0 Å². The predicted octanol–water partition coefficient (Wildman–Crippen LogP) is 4.53. The van der Waals surface area contributed by atoms with E-state index >= 15 is 0 Å². The molecule has 0 atom stereocenters. The first kappa shape index (κ1) is 18.0. The number of rotatable bonds is 3. The van der Waals surface area contributed by atoms with E-state index in [0.29, 0.717) is 5.56 Å². The molecule has 0 unspecified atom stereocenters. The number of fused-ring (bicyclic) bond motifs is 1. The van der Waals surface area contributed by atoms with Crippen LogP contribution in [-0.4, -0.2) is 23.5 Å². The molecule has 1 aliphatic heterocycles. The smallest absolute Gasteiger partial charge is 0.114 e. The van der Waals surface area contributed by atoms with E-state index in [1.165, 1.54) is 16.7 Å². The molecule has 0 saturated heterocycles. The molecular formula is C21H25N3S. The molecule has 0 spiro atoms. The molecular weight excluding hydrogens is 326 g/mol. The molecule has 1 aromatic carbocycles. The molecule has 4 heteroatoms. The van der Waals surface area contributed by atoms with Gasteiger partial charge < -0.3 is 4.90 Å². The summed E-state index contributed by atoms with van der Waals surface area (Å²) in [5.41, 5.74) is 5.83. The topological polar surface area (TPSA) is 39.9 Å². The minimum atomic E-state index is 0.173. The minimum absolute atomic E-state index is 0.173. The molecule has 0 N–H and O–H groups in total. The molecule has 1 aliphatic rings. The van der Waals surface area contributed by atoms with E-state index in [4.69, 9.17) is 4.98 Å². The number of hydrogen-bond donors (Lipinski definition) is 0. The predicted molar refractivity (Wildman–Crippen MR) is 104 cm³/mol. The number of hydrogen-bond acceptors (Lipinski definition) is 4. The van der Waals surface area contributed by atoms with Gasteiger partial charge in [0.15, 0.2) is 0 Å². The Morgan fingerprint density at radius 1 is 1.24 bits per heavy atom. The fraction of sp³-hybridized carbons (Fsp3) is 0.429. The zero-order chi connectivity index (χ0) is 18.0. The number of aromatic nitrogens is 1. The second-order valence-electron chi connectivity index (χ2n) is 7.78. The van der Waals surface area contributed by atoms with Gasteiger partial charge in [-0.3, -0.25) is 0 Å². The zero-order valence-electron chi connectivity index (χ0n) is 15.5. The molecule has 0 bridgehead atoms. The van der Waals surface area contributed by atoms with Crippen LogP contribution >= 0.6 is 11.8 Å². The maximum atomic E-state index is 9.49. The summed E-state index contributed by atoms with van der Waals surface area (Å²) in [5, 5.41) is 10.4. The van der Waals surface area contributed by atoms with Gasteiger partial charge in [0.2, 0.25) is 0 Å². The van der Waals surface area contributed by atoms with Crippen LogP contribution in [0.25, 0.3) is 0 Å². The van der Waals surface area contributed by atoms with Crippen LogP contribution in [0.1, 0.15) is 48.7 Å². The standard InChI is InChI=1S/C21H25N3S/c1-21(2,3)18-7-5-15(6-8-18)14-25-20-16(12-22)11-17-13-24(4)10-9-19(17)23-20/h5-8,11H,9-10,13-14H2,1-4H3. The molecule has 3 rings (SSSR count). The van der Waals surface area contributed by atoms with E-state index in [2.05, 4.69) is 63.1 Å². The molecule has 1 aromatic heterocycles. The van der Waals surface area contributed by atoms with Crippen molar-refractivity contribution in [3.8, 4) is 6.07 Å². The normalized spacial score (nSPS) is 14.8. The van der Waals surface area contributed by atoms with E-state index < -0.39 is 0 Å². The second-order valence-corrected chi connectivity index (χ2v) is 8.75. The van der Waals surface area contributed by atoms with Crippen LogP contribution < -0.4 is 0 Å². The van der Waals surface area contributed by atoms with E-state index in [1.807, 2.05) is 6.07 Å². The molecule has 0 aliphatic carbocycles. The first-order chi connectivity index (χ1) is 11.9. The van der Waals surface area contributed by atoms with Gasteiger partial charge in [0.25, 0.3) is 0 Å². The molecule has 0 radical (unpaired) electrons. The SMILES string of the molecule is CN1CCc2nc(SCc3ccc(C(C)(C)C)cc3)c(C#N)cc2C1. The number of nitrogens with zero attached hydrogens (tertiary/aromatic N) is 3. The third-order valence-corrected chi connectivity index (χ3v) is 5.71. The lowest BCUT2D eigenvalue weighted by atomic mass is 9.87. The number of nitriles is 1. The average molecular weight is 352 g/mol. The lowest BCUT2D eigenvalue weighted by molar-refractivity contribution is 0.309. The Kier molecular flexibility index (Phi) is 5.17. The molecule has 2 aromatic rings. The first-order valence-corrected chi connectivity index (χ1v) is 9.69. The largest absolute Gasteiger partial charge is 0.302 e. The van der Waals surface area contributed by atoms with Crippen molar-refractivity contribution in [3.05, 3.63) is 58.3 Å². The Morgan fingerprint density at radius 3 is 2.60 bits per heavy atom. The Hall–Kier alpha value is -1.83. The van der Waals surface area contributed by atoms with Crippen LogP contribution in [0.2, 0.25) is 0 Å². The number of likely N-dealkylation sites (N-methyl/N-ethyl adjacent to an activating group) is 1. The quantitative estimate of drug-likeness (QED) is 0.762. The number of benzene rings is 1. The van der Waals surface area contributed by atoms with Gasteiger partial charge in [0.05, 0.1) is 5.56 Å². The van der Waals surface area contributed by atoms with Crippen molar-refractivity contribution >= 4 is 11.8 Å². The average Bonchev–Trinajstić information content (AvgIpc) is 2.58. The van der Waals surface area contributed by atoms with Crippen molar-refractivity contribution < 1.29 is 0 Å². The van der Waals surface area contributed by atoms with Crippen molar-refractivity contribution in [3.63, 3.8) is 0 Å². The molecule has 3 nitrogen and oxygen atoms in total. The van der Waals surface area contributed by atoms with Gasteiger partial charge in [-0.25, -0.2) is 4.98 Å². The van der Waals surface area contributed by atoms with Crippen molar-refractivity contribution in [1.29, 1.82) is 5.26 Å². The van der Waals surface area contributed by atoms with Crippen LogP contribution in [0.15, 0.2) is 35.4 Å². The molecule has 2 heterocycles. The Morgan fingerprint density at radius 2 is 1.96 bits per heavy atom. The maximum absolute atomic E-state index is 9.49. The number of pyridine rings is 1. The summed E-state index contributed by atoms with van der Waals surface area (Å²) in [6, 6.07) is 13.1. The van der Waals surface area contributed by atoms with E-state index in [0.717, 1.165) is 36.0 Å². The van der Waals surface area contributed by atoms with Gasteiger partial charge in [0.1, 0.15) is 11.1 Å². The van der Waals surface area contributed by atoms with Crippen molar-refractivity contribution in [2.24, 2.45) is 0 Å². The van der Waals surface area contributed by atoms with E-state index in [9.17, 15) is 5.26 Å². The van der Waals surface area contributed by atoms with Crippen LogP contribution in [0, 0.1) is 11.3 Å². The first-order valence-electron chi connectivity index (χ1n) is 8.70. The van der Waals surface area contributed by atoms with Crippen molar-refractivity contribution in [1.82, 2.24) is 9.88 Å². The summed E-state index contributed by atoms with van der Waals surface area (Å²) < 4.78 is 0. The summed E-state index contributed by atoms with van der Waals surface area (Å²) in [6.45, 7) is 8.60. The highest BCUT2D eigenvalue weighted by molar-refractivity contribution is 7.98. The van der Waals surface area contributed by atoms with Gasteiger partial charge in [-0.05, 0) is 35.2 Å². The van der Waals surface area contributed by atoms with Crippen LogP contribution in [-0.2, 0) is 24.1 Å². The third-order valence-electron chi connectivity index (χ3n) is 4.64. The van der Waals surface area contributed by atoms with Crippen LogP contribution in [0.3, 0.4) is 0 Å². The molecule has 0 saturated carbocycles. The van der Waals surface area contributed by atoms with Crippen LogP contribution in [0.4, 0.5) is 0 Å². The fourth-order valence-electron chi connectivity index (χ4n) is 3.04. The van der Waals surface area contributed by atoms with Gasteiger partial charge in [-0.2, -0.15) is 5.26 Å². The lowest BCUT2D eigenvalue weighted by Gasteiger charge is -2.24. The van der Waals surface area contributed by atoms with E-state index in [1.54, 1.807) is 11.8 Å². The maximum Gasteiger partial charge on any atom is 0.114 e. The van der Waals surface area contributed by atoms with Gasteiger partial charge in [-0.15, -0.1) is 11.8 Å². The second kappa shape index (κ2) is 7.19. The molecule has 0 fully saturated rings. The monoisotopic (exact) mass is 351 g/mol. The Bertz CT molecular complexity index is 798. The highest BCUT2D eigenvalue weighted by atomic mass is 32.2. The summed E-state index contributed by atoms with van der Waals surface area (Å²) in [6.07, 6.45) is 0.964. The van der Waals surface area contributed by atoms with E-state index in [-0.39, 0.29) is 5.41 Å². The number of thioether (sulfide) groups is 1. The molecule has 130 valence electrons. The van der Waals surface area contributed by atoms with Crippen LogP contribution in [0.5, 0.6) is 0 Å². The summed E-state index contributed by atoms with van der Waals surface area (Å²) in [7, 11) is 2.11. The molecule has 0 amide bonds. The summed E-state index contributed by atoms with van der Waals surface area (Å²) >= 11 is 1.66. The third kappa shape index (κ3) is 4.23.